The van der Waals surface area contributed by atoms with Crippen molar-refractivity contribution in [1.82, 2.24) is 20.4 Å². The van der Waals surface area contributed by atoms with Crippen molar-refractivity contribution in [3.05, 3.63) is 35.9 Å². The Labute approximate surface area is 181 Å². The van der Waals surface area contributed by atoms with Gasteiger partial charge in [0.2, 0.25) is 5.91 Å². The van der Waals surface area contributed by atoms with Crippen molar-refractivity contribution in [2.75, 3.05) is 53.4 Å². The molecule has 1 amide bonds. The number of aliphatic imine (C=N–C) groups is 1. The van der Waals surface area contributed by atoms with E-state index >= 15 is 0 Å². The van der Waals surface area contributed by atoms with E-state index in [2.05, 4.69) is 46.5 Å². The molecule has 1 aromatic carbocycles. The highest BCUT2D eigenvalue weighted by molar-refractivity contribution is 5.84. The molecule has 0 bridgehead atoms. The van der Waals surface area contributed by atoms with E-state index in [1.807, 2.05) is 18.2 Å². The topological polar surface area (TPSA) is 69.2 Å². The standard InChI is InChI=1S/C23H39N5O2/c1-5-28-15-9-13-21(28)17-25-23(26-18-22(29)27(3)4)24-14-10-16-30-19(2)20-11-7-6-8-12-20/h6-8,11-12,19,21H,5,9-10,13-18H2,1-4H3,(H2,24,25,26). The summed E-state index contributed by atoms with van der Waals surface area (Å²) in [6.07, 6.45) is 3.40. The van der Waals surface area contributed by atoms with Crippen LogP contribution in [0.5, 0.6) is 0 Å². The second kappa shape index (κ2) is 13.2. The van der Waals surface area contributed by atoms with Crippen molar-refractivity contribution >= 4 is 11.9 Å². The molecular formula is C23H39N5O2. The smallest absolute Gasteiger partial charge is 0.243 e. The molecule has 0 spiro atoms. The number of nitrogens with one attached hydrogen (secondary N) is 2. The Balaban J connectivity index is 1.77. The van der Waals surface area contributed by atoms with E-state index in [-0.39, 0.29) is 18.6 Å². The minimum atomic E-state index is -0.00725. The lowest BCUT2D eigenvalue weighted by Gasteiger charge is -2.24. The van der Waals surface area contributed by atoms with E-state index in [9.17, 15) is 4.79 Å². The van der Waals surface area contributed by atoms with Gasteiger partial charge in [0.15, 0.2) is 5.96 Å². The quantitative estimate of drug-likeness (QED) is 0.328. The molecule has 0 saturated carbocycles. The highest BCUT2D eigenvalue weighted by atomic mass is 16.5. The van der Waals surface area contributed by atoms with Gasteiger partial charge in [-0.15, -0.1) is 0 Å². The molecule has 2 unspecified atom stereocenters. The van der Waals surface area contributed by atoms with Crippen molar-refractivity contribution < 1.29 is 9.53 Å². The van der Waals surface area contributed by atoms with Crippen LogP contribution >= 0.6 is 0 Å². The number of hydrogen-bond donors (Lipinski definition) is 2. The maximum atomic E-state index is 11.9. The molecule has 2 rings (SSSR count). The molecule has 7 nitrogen and oxygen atoms in total. The Morgan fingerprint density at radius 3 is 2.77 bits per heavy atom. The average molecular weight is 418 g/mol. The summed E-state index contributed by atoms with van der Waals surface area (Å²) in [6.45, 7) is 8.91. The molecule has 2 atom stereocenters. The number of rotatable bonds is 11. The molecule has 1 saturated heterocycles. The molecule has 1 heterocycles. The zero-order valence-corrected chi connectivity index (χ0v) is 19.1. The monoisotopic (exact) mass is 417 g/mol. The first-order valence-electron chi connectivity index (χ1n) is 11.1. The second-order valence-corrected chi connectivity index (χ2v) is 7.96. The van der Waals surface area contributed by atoms with Gasteiger partial charge in [-0.1, -0.05) is 37.3 Å². The van der Waals surface area contributed by atoms with Crippen LogP contribution in [0.25, 0.3) is 0 Å². The minimum Gasteiger partial charge on any atom is -0.374 e. The van der Waals surface area contributed by atoms with Crippen molar-refractivity contribution in [3.63, 3.8) is 0 Å². The highest BCUT2D eigenvalue weighted by Gasteiger charge is 2.22. The zero-order valence-electron chi connectivity index (χ0n) is 19.1. The molecule has 0 aromatic heterocycles. The number of benzene rings is 1. The van der Waals surface area contributed by atoms with Crippen LogP contribution in [0.3, 0.4) is 0 Å². The van der Waals surface area contributed by atoms with Gasteiger partial charge in [-0.3, -0.25) is 9.69 Å². The lowest BCUT2D eigenvalue weighted by Crippen LogP contribution is -2.45. The van der Waals surface area contributed by atoms with Crippen molar-refractivity contribution in [2.45, 2.75) is 45.3 Å². The van der Waals surface area contributed by atoms with Crippen LogP contribution in [0.1, 0.15) is 44.8 Å². The number of amides is 1. The molecule has 1 fully saturated rings. The van der Waals surface area contributed by atoms with Crippen LogP contribution in [0.4, 0.5) is 0 Å². The normalized spacial score (nSPS) is 18.3. The molecule has 1 aromatic rings. The van der Waals surface area contributed by atoms with Gasteiger partial charge in [0.05, 0.1) is 6.10 Å². The van der Waals surface area contributed by atoms with Gasteiger partial charge in [0, 0.05) is 39.8 Å². The predicted molar refractivity (Wildman–Crippen MR) is 123 cm³/mol. The number of hydrogen-bond acceptors (Lipinski definition) is 4. The van der Waals surface area contributed by atoms with E-state index in [4.69, 9.17) is 4.74 Å². The van der Waals surface area contributed by atoms with Gasteiger partial charge >= 0.3 is 0 Å². The summed E-state index contributed by atoms with van der Waals surface area (Å²) in [5, 5.41) is 6.79. The van der Waals surface area contributed by atoms with E-state index in [1.165, 1.54) is 24.9 Å². The fourth-order valence-corrected chi connectivity index (χ4v) is 3.58. The van der Waals surface area contributed by atoms with Crippen LogP contribution in [0.15, 0.2) is 35.3 Å². The summed E-state index contributed by atoms with van der Waals surface area (Å²) >= 11 is 0. The van der Waals surface area contributed by atoms with Gasteiger partial charge in [-0.25, -0.2) is 4.99 Å². The van der Waals surface area contributed by atoms with E-state index in [1.54, 1.807) is 19.0 Å². The largest absolute Gasteiger partial charge is 0.374 e. The second-order valence-electron chi connectivity index (χ2n) is 7.96. The fraction of sp³-hybridized carbons (Fsp3) is 0.652. The Hall–Kier alpha value is -2.12. The first kappa shape index (κ1) is 24.2. The third-order valence-electron chi connectivity index (χ3n) is 5.53. The van der Waals surface area contributed by atoms with E-state index < -0.39 is 0 Å². The van der Waals surface area contributed by atoms with Crippen molar-refractivity contribution in [3.8, 4) is 0 Å². The zero-order chi connectivity index (χ0) is 21.8. The highest BCUT2D eigenvalue weighted by Crippen LogP contribution is 2.16. The lowest BCUT2D eigenvalue weighted by atomic mass is 10.1. The Kier molecular flexibility index (Phi) is 10.7. The van der Waals surface area contributed by atoms with Crippen molar-refractivity contribution in [2.24, 2.45) is 4.99 Å². The van der Waals surface area contributed by atoms with Gasteiger partial charge in [0.25, 0.3) is 0 Å². The molecule has 7 heteroatoms. The Bertz CT molecular complexity index is 650. The molecular weight excluding hydrogens is 378 g/mol. The number of carbonyl (C=O) groups excluding carboxylic acids is 1. The van der Waals surface area contributed by atoms with E-state index in [0.717, 1.165) is 26.1 Å². The molecule has 30 heavy (non-hydrogen) atoms. The van der Waals surface area contributed by atoms with E-state index in [0.29, 0.717) is 18.6 Å². The Morgan fingerprint density at radius 2 is 2.07 bits per heavy atom. The molecule has 168 valence electrons. The van der Waals surface area contributed by atoms with Crippen LogP contribution in [-0.2, 0) is 9.53 Å². The van der Waals surface area contributed by atoms with Crippen LogP contribution in [-0.4, -0.2) is 81.1 Å². The first-order chi connectivity index (χ1) is 14.5. The van der Waals surface area contributed by atoms with Gasteiger partial charge in [-0.05, 0) is 44.8 Å². The van der Waals surface area contributed by atoms with Crippen LogP contribution in [0, 0.1) is 0 Å². The number of carbonyl (C=O) groups is 1. The predicted octanol–water partition coefficient (Wildman–Crippen LogP) is 2.26. The maximum Gasteiger partial charge on any atom is 0.243 e. The molecule has 1 aliphatic rings. The number of likely N-dealkylation sites (N-methyl/N-ethyl adjacent to an activating group) is 2. The fourth-order valence-electron chi connectivity index (χ4n) is 3.58. The molecule has 1 aliphatic heterocycles. The summed E-state index contributed by atoms with van der Waals surface area (Å²) in [5.74, 6) is 0.691. The average Bonchev–Trinajstić information content (AvgIpc) is 3.22. The first-order valence-corrected chi connectivity index (χ1v) is 11.1. The molecule has 2 N–H and O–H groups in total. The third-order valence-corrected chi connectivity index (χ3v) is 5.53. The van der Waals surface area contributed by atoms with Crippen LogP contribution < -0.4 is 10.6 Å². The Morgan fingerprint density at radius 1 is 1.30 bits per heavy atom. The van der Waals surface area contributed by atoms with Crippen molar-refractivity contribution in [1.29, 1.82) is 0 Å². The third kappa shape index (κ3) is 8.32. The molecule has 0 aliphatic carbocycles. The minimum absolute atomic E-state index is 0.00725. The van der Waals surface area contributed by atoms with Gasteiger partial charge < -0.3 is 20.3 Å². The van der Waals surface area contributed by atoms with Crippen LogP contribution in [0.2, 0.25) is 0 Å². The number of likely N-dealkylation sites (tertiary alicyclic amines) is 1. The lowest BCUT2D eigenvalue weighted by molar-refractivity contribution is -0.127. The number of guanidine groups is 1. The SMILES string of the molecule is CCN1CCCC1CNC(=NCC(=O)N(C)C)NCCCOC(C)c1ccccc1. The summed E-state index contributed by atoms with van der Waals surface area (Å²) in [4.78, 5) is 20.5. The van der Waals surface area contributed by atoms with Gasteiger partial charge in [0.1, 0.15) is 6.54 Å². The summed E-state index contributed by atoms with van der Waals surface area (Å²) in [7, 11) is 3.50. The summed E-state index contributed by atoms with van der Waals surface area (Å²) in [6, 6.07) is 10.8. The number of nitrogens with zero attached hydrogens (tertiary/aromatic N) is 3. The summed E-state index contributed by atoms with van der Waals surface area (Å²) in [5.41, 5.74) is 1.19. The molecule has 0 radical (unpaired) electrons. The number of ether oxygens (including phenoxy) is 1. The van der Waals surface area contributed by atoms with Gasteiger partial charge in [-0.2, -0.15) is 0 Å². The maximum absolute atomic E-state index is 11.9. The summed E-state index contributed by atoms with van der Waals surface area (Å²) < 4.78 is 5.94.